The van der Waals surface area contributed by atoms with E-state index in [4.69, 9.17) is 14.1 Å². The molecule has 0 spiro atoms. The molecule has 6 nitrogen and oxygen atoms in total. The molecule has 160 valence electrons. The molecule has 2 aromatic heterocycles. The number of hydrogen-bond donors (Lipinski definition) is 0. The Bertz CT molecular complexity index is 1430. The summed E-state index contributed by atoms with van der Waals surface area (Å²) in [6, 6.07) is 31.0. The Balaban J connectivity index is 1.44. The average Bonchev–Trinajstić information content (AvgIpc) is 3.23. The first-order valence-electron chi connectivity index (χ1n) is 10.1. The van der Waals surface area contributed by atoms with Crippen molar-refractivity contribution in [3.63, 3.8) is 0 Å². The quantitative estimate of drug-likeness (QED) is 0.161. The second kappa shape index (κ2) is 9.49. The monoisotopic (exact) mass is 451 g/mol. The highest BCUT2D eigenvalue weighted by Crippen LogP contribution is 2.34. The molecule has 3 aromatic carbocycles. The smallest absolute Gasteiger partial charge is 0.180 e. The summed E-state index contributed by atoms with van der Waals surface area (Å²) in [7, 11) is 0. The van der Waals surface area contributed by atoms with Crippen LogP contribution in [0.25, 0.3) is 22.2 Å². The molecule has 5 rings (SSSR count). The maximum atomic E-state index is 9.65. The van der Waals surface area contributed by atoms with E-state index >= 15 is 0 Å². The minimum absolute atomic E-state index is 0.425. The average molecular weight is 452 g/mol. The summed E-state index contributed by atoms with van der Waals surface area (Å²) >= 11 is 1.07. The number of nitriles is 1. The Labute approximate surface area is 194 Å². The molecule has 0 atom stereocenters. The van der Waals surface area contributed by atoms with E-state index in [0.29, 0.717) is 22.3 Å². The van der Waals surface area contributed by atoms with E-state index in [-0.39, 0.29) is 0 Å². The van der Waals surface area contributed by atoms with Crippen molar-refractivity contribution in [1.82, 2.24) is 9.71 Å². The van der Waals surface area contributed by atoms with Gasteiger partial charge in [0.1, 0.15) is 17.6 Å². The molecule has 0 amide bonds. The molecule has 0 N–H and O–H groups in total. The van der Waals surface area contributed by atoms with Gasteiger partial charge in [0.2, 0.25) is 0 Å². The summed E-state index contributed by atoms with van der Waals surface area (Å²) < 4.78 is 12.7. The number of ether oxygens (including phenoxy) is 1. The molecule has 5 aromatic rings. The van der Waals surface area contributed by atoms with Crippen LogP contribution in [0.1, 0.15) is 5.56 Å². The van der Waals surface area contributed by atoms with Gasteiger partial charge in [-0.3, -0.25) is 0 Å². The number of pyridine rings is 1. The van der Waals surface area contributed by atoms with E-state index in [0.717, 1.165) is 33.8 Å². The predicted octanol–water partition coefficient (Wildman–Crippen LogP) is 6.43. The normalized spacial score (nSPS) is 10.6. The highest BCUT2D eigenvalue weighted by molar-refractivity contribution is 7.94. The lowest BCUT2D eigenvalue weighted by molar-refractivity contribution is -0.188. The first-order valence-corrected chi connectivity index (χ1v) is 10.9. The maximum Gasteiger partial charge on any atom is 0.180 e. The van der Waals surface area contributed by atoms with Crippen LogP contribution in [-0.2, 0) is 4.33 Å². The Morgan fingerprint density at radius 2 is 1.61 bits per heavy atom. The van der Waals surface area contributed by atoms with Gasteiger partial charge < -0.3 is 4.74 Å². The number of aromatic nitrogens is 2. The van der Waals surface area contributed by atoms with Gasteiger partial charge in [-0.1, -0.05) is 58.9 Å². The fourth-order valence-corrected chi connectivity index (χ4v) is 3.79. The van der Waals surface area contributed by atoms with Crippen molar-refractivity contribution in [1.29, 1.82) is 5.26 Å². The van der Waals surface area contributed by atoms with Crippen molar-refractivity contribution in [3.8, 4) is 28.7 Å². The second-order valence-corrected chi connectivity index (χ2v) is 7.80. The molecule has 7 heteroatoms. The van der Waals surface area contributed by atoms with Gasteiger partial charge in [0.05, 0.1) is 23.8 Å². The Kier molecular flexibility index (Phi) is 5.93. The zero-order chi connectivity index (χ0) is 22.5. The van der Waals surface area contributed by atoms with Crippen LogP contribution in [0.2, 0.25) is 0 Å². The van der Waals surface area contributed by atoms with Gasteiger partial charge in [0, 0.05) is 27.6 Å². The van der Waals surface area contributed by atoms with E-state index in [1.165, 1.54) is 4.73 Å². The fraction of sp³-hybridized carbons (Fsp3) is 0. The minimum atomic E-state index is 0.425. The van der Waals surface area contributed by atoms with Crippen LogP contribution in [0.4, 0.5) is 0 Å². The van der Waals surface area contributed by atoms with Crippen molar-refractivity contribution in [3.05, 3.63) is 109 Å². The Hall–Kier alpha value is -4.25. The number of hydrogen-bond acceptors (Lipinski definition) is 6. The van der Waals surface area contributed by atoms with Crippen LogP contribution in [0, 0.1) is 11.3 Å². The Morgan fingerprint density at radius 3 is 2.39 bits per heavy atom. The summed E-state index contributed by atoms with van der Waals surface area (Å²) in [5.41, 5.74) is 2.59. The number of para-hydroxylation sites is 2. The lowest BCUT2D eigenvalue weighted by atomic mass is 10.0. The predicted molar refractivity (Wildman–Crippen MR) is 126 cm³/mol. The first kappa shape index (κ1) is 20.6. The van der Waals surface area contributed by atoms with Crippen LogP contribution < -0.4 is 9.73 Å². The van der Waals surface area contributed by atoms with Crippen molar-refractivity contribution >= 4 is 23.1 Å². The molecule has 0 fully saturated rings. The largest absolute Gasteiger partial charge is 0.457 e. The summed E-state index contributed by atoms with van der Waals surface area (Å²) in [4.78, 5) is 10.8. The van der Waals surface area contributed by atoms with E-state index in [2.05, 4.69) is 11.1 Å². The highest BCUT2D eigenvalue weighted by atomic mass is 32.2. The van der Waals surface area contributed by atoms with Crippen LogP contribution in [0.3, 0.4) is 0 Å². The lowest BCUT2D eigenvalue weighted by Crippen LogP contribution is -2.07. The van der Waals surface area contributed by atoms with Gasteiger partial charge in [-0.25, -0.2) is 9.97 Å². The lowest BCUT2D eigenvalue weighted by Gasteiger charge is -2.11. The molecule has 0 unspecified atom stereocenters. The van der Waals surface area contributed by atoms with Crippen molar-refractivity contribution < 1.29 is 14.1 Å². The van der Waals surface area contributed by atoms with Crippen LogP contribution in [0.5, 0.6) is 11.5 Å². The summed E-state index contributed by atoms with van der Waals surface area (Å²) in [5, 5.41) is 10.3. The van der Waals surface area contributed by atoms with Crippen molar-refractivity contribution in [2.24, 2.45) is 0 Å². The first-order chi connectivity index (χ1) is 16.3. The van der Waals surface area contributed by atoms with Gasteiger partial charge in [0.15, 0.2) is 5.65 Å². The zero-order valence-electron chi connectivity index (χ0n) is 17.3. The van der Waals surface area contributed by atoms with Crippen molar-refractivity contribution in [2.45, 2.75) is 4.90 Å². The molecule has 0 aliphatic rings. The maximum absolute atomic E-state index is 9.65. The second-order valence-electron chi connectivity index (χ2n) is 7.03. The number of rotatable bonds is 7. The number of nitrogens with zero attached hydrogens (tertiary/aromatic N) is 3. The molecule has 0 radical (unpaired) electrons. The molecule has 0 saturated heterocycles. The third-order valence-electron chi connectivity index (χ3n) is 4.89. The molecule has 33 heavy (non-hydrogen) atoms. The van der Waals surface area contributed by atoms with Gasteiger partial charge in [-0.2, -0.15) is 5.26 Å². The summed E-state index contributed by atoms with van der Waals surface area (Å²) in [5.74, 6) is 1.44. The Morgan fingerprint density at radius 1 is 0.879 bits per heavy atom. The highest BCUT2D eigenvalue weighted by Gasteiger charge is 2.15. The van der Waals surface area contributed by atoms with Gasteiger partial charge in [-0.15, -0.1) is 4.73 Å². The van der Waals surface area contributed by atoms with Gasteiger partial charge in [0.25, 0.3) is 0 Å². The zero-order valence-corrected chi connectivity index (χ0v) is 18.1. The summed E-state index contributed by atoms with van der Waals surface area (Å²) in [6.45, 7) is 0. The van der Waals surface area contributed by atoms with E-state index in [1.54, 1.807) is 12.4 Å². The molecule has 0 aliphatic heterocycles. The molecule has 0 aliphatic carbocycles. The molecular formula is C26H17N3O3S. The van der Waals surface area contributed by atoms with Gasteiger partial charge >= 0.3 is 0 Å². The standard InChI is InChI=1S/C26H17N3O3S/c27-16-20-18-29(31-32-33-22-11-5-2-6-12-22)26-24(20)15-19(17-28-26)23-13-7-8-14-25(23)30-21-9-3-1-4-10-21/h1-15,17-18H. The number of fused-ring (bicyclic) bond motifs is 1. The van der Waals surface area contributed by atoms with E-state index in [9.17, 15) is 5.26 Å². The summed E-state index contributed by atoms with van der Waals surface area (Å²) in [6.07, 6.45) is 3.28. The van der Waals surface area contributed by atoms with Crippen LogP contribution >= 0.6 is 12.0 Å². The van der Waals surface area contributed by atoms with Crippen molar-refractivity contribution in [2.75, 3.05) is 0 Å². The van der Waals surface area contributed by atoms with E-state index < -0.39 is 0 Å². The third-order valence-corrected chi connectivity index (χ3v) is 5.48. The third kappa shape index (κ3) is 4.53. The SMILES string of the molecule is N#Cc1cn(OOSc2ccccc2)c2ncc(-c3ccccc3Oc3ccccc3)cc12. The molecule has 0 bridgehead atoms. The van der Waals surface area contributed by atoms with Crippen LogP contribution in [0.15, 0.2) is 108 Å². The van der Waals surface area contributed by atoms with E-state index in [1.807, 2.05) is 91.0 Å². The molecular weight excluding hydrogens is 434 g/mol. The number of benzene rings is 3. The van der Waals surface area contributed by atoms with Crippen LogP contribution in [-0.4, -0.2) is 9.71 Å². The van der Waals surface area contributed by atoms with Gasteiger partial charge in [-0.05, 0) is 36.4 Å². The minimum Gasteiger partial charge on any atom is -0.457 e. The fourth-order valence-electron chi connectivity index (χ4n) is 3.35. The topological polar surface area (TPSA) is 69.3 Å². The molecule has 2 heterocycles. The molecule has 0 saturated carbocycles.